The molecule has 0 saturated carbocycles. The third-order valence-corrected chi connectivity index (χ3v) is 4.32. The first-order valence-electron chi connectivity index (χ1n) is 6.53. The Labute approximate surface area is 142 Å². The molecular weight excluding hydrogens is 429 g/mol. The molecule has 2 nitrogen and oxygen atoms in total. The van der Waals surface area contributed by atoms with Crippen LogP contribution in [0, 0.1) is 3.57 Å². The molecule has 0 fully saturated rings. The predicted octanol–water partition coefficient (Wildman–Crippen LogP) is 4.91. The number of hydrogen-bond donors (Lipinski definition) is 1. The summed E-state index contributed by atoms with van der Waals surface area (Å²) in [5.41, 5.74) is 7.33. The minimum atomic E-state index is -0.133. The van der Waals surface area contributed by atoms with Crippen molar-refractivity contribution in [2.75, 3.05) is 0 Å². The molecule has 20 heavy (non-hydrogen) atoms. The number of hydrogen-bond acceptors (Lipinski definition) is 2. The van der Waals surface area contributed by atoms with Gasteiger partial charge in [-0.15, -0.1) is 0 Å². The van der Waals surface area contributed by atoms with Gasteiger partial charge < -0.3 is 10.5 Å². The average Bonchev–Trinajstić information content (AvgIpc) is 2.45. The standard InChI is InChI=1S/C16H17BrINO/c1-2-15(19)16(11-6-8-12(17)9-7-11)20-14-5-3-4-13(18)10-14/h3-10,15-16H,2,19H2,1H3. The van der Waals surface area contributed by atoms with E-state index < -0.39 is 0 Å². The highest BCUT2D eigenvalue weighted by Crippen LogP contribution is 2.27. The second-order valence-corrected chi connectivity index (χ2v) is 6.78. The van der Waals surface area contributed by atoms with E-state index in [1.807, 2.05) is 36.4 Å². The van der Waals surface area contributed by atoms with Gasteiger partial charge in [0.15, 0.2) is 0 Å². The SMILES string of the molecule is CCC(N)C(Oc1cccc(I)c1)c1ccc(Br)cc1. The van der Waals surface area contributed by atoms with Crippen LogP contribution < -0.4 is 10.5 Å². The first-order chi connectivity index (χ1) is 9.60. The lowest BCUT2D eigenvalue weighted by molar-refractivity contribution is 0.171. The molecule has 0 amide bonds. The Hall–Kier alpha value is -0.590. The van der Waals surface area contributed by atoms with Crippen LogP contribution in [0.25, 0.3) is 0 Å². The molecule has 0 aromatic heterocycles. The second kappa shape index (κ2) is 7.43. The van der Waals surface area contributed by atoms with E-state index in [9.17, 15) is 0 Å². The zero-order valence-electron chi connectivity index (χ0n) is 11.2. The largest absolute Gasteiger partial charge is 0.484 e. The monoisotopic (exact) mass is 445 g/mol. The average molecular weight is 446 g/mol. The van der Waals surface area contributed by atoms with Gasteiger partial charge in [0.1, 0.15) is 11.9 Å². The third kappa shape index (κ3) is 4.20. The lowest BCUT2D eigenvalue weighted by atomic mass is 10.0. The fourth-order valence-electron chi connectivity index (χ4n) is 1.96. The van der Waals surface area contributed by atoms with E-state index in [1.165, 1.54) is 0 Å². The van der Waals surface area contributed by atoms with Crippen LogP contribution in [0.2, 0.25) is 0 Å². The van der Waals surface area contributed by atoms with Crippen molar-refractivity contribution >= 4 is 38.5 Å². The minimum absolute atomic E-state index is 0.0333. The molecule has 0 spiro atoms. The second-order valence-electron chi connectivity index (χ2n) is 4.62. The molecule has 0 saturated heterocycles. The van der Waals surface area contributed by atoms with E-state index in [0.29, 0.717) is 0 Å². The van der Waals surface area contributed by atoms with Crippen LogP contribution in [0.4, 0.5) is 0 Å². The molecule has 0 radical (unpaired) electrons. The summed E-state index contributed by atoms with van der Waals surface area (Å²) in [5, 5.41) is 0. The molecule has 2 unspecified atom stereocenters. The molecule has 0 heterocycles. The maximum atomic E-state index is 6.23. The van der Waals surface area contributed by atoms with Crippen LogP contribution in [0.3, 0.4) is 0 Å². The summed E-state index contributed by atoms with van der Waals surface area (Å²) in [6.45, 7) is 2.08. The molecule has 2 aromatic carbocycles. The van der Waals surface area contributed by atoms with Crippen molar-refractivity contribution < 1.29 is 4.74 Å². The normalized spacial score (nSPS) is 13.8. The number of nitrogens with two attached hydrogens (primary N) is 1. The van der Waals surface area contributed by atoms with Gasteiger partial charge in [0, 0.05) is 14.1 Å². The molecule has 0 aliphatic rings. The lowest BCUT2D eigenvalue weighted by Crippen LogP contribution is -2.31. The Morgan fingerprint density at radius 1 is 1.20 bits per heavy atom. The highest BCUT2D eigenvalue weighted by molar-refractivity contribution is 14.1. The van der Waals surface area contributed by atoms with E-state index in [-0.39, 0.29) is 12.1 Å². The van der Waals surface area contributed by atoms with Crippen molar-refractivity contribution in [2.24, 2.45) is 5.73 Å². The smallest absolute Gasteiger partial charge is 0.139 e. The van der Waals surface area contributed by atoms with Gasteiger partial charge in [-0.05, 0) is 64.9 Å². The Morgan fingerprint density at radius 2 is 1.90 bits per heavy atom. The maximum absolute atomic E-state index is 6.23. The van der Waals surface area contributed by atoms with Crippen LogP contribution in [0.15, 0.2) is 53.0 Å². The quantitative estimate of drug-likeness (QED) is 0.663. The summed E-state index contributed by atoms with van der Waals surface area (Å²) in [5.74, 6) is 0.855. The molecule has 2 rings (SSSR count). The van der Waals surface area contributed by atoms with Crippen LogP contribution in [-0.4, -0.2) is 6.04 Å². The summed E-state index contributed by atoms with van der Waals surface area (Å²) in [6.07, 6.45) is 0.733. The number of ether oxygens (including phenoxy) is 1. The van der Waals surface area contributed by atoms with Gasteiger partial charge in [-0.2, -0.15) is 0 Å². The molecular formula is C16H17BrINO. The van der Waals surface area contributed by atoms with Crippen molar-refractivity contribution in [1.29, 1.82) is 0 Å². The number of rotatable bonds is 5. The Bertz CT molecular complexity index is 559. The van der Waals surface area contributed by atoms with E-state index >= 15 is 0 Å². The topological polar surface area (TPSA) is 35.2 Å². The molecule has 0 aliphatic carbocycles. The van der Waals surface area contributed by atoms with Gasteiger partial charge in [0.2, 0.25) is 0 Å². The van der Waals surface area contributed by atoms with Gasteiger partial charge in [0.05, 0.1) is 0 Å². The summed E-state index contributed by atoms with van der Waals surface area (Å²) >= 11 is 5.73. The van der Waals surface area contributed by atoms with Crippen molar-refractivity contribution in [1.82, 2.24) is 0 Å². The molecule has 2 N–H and O–H groups in total. The van der Waals surface area contributed by atoms with Crippen LogP contribution in [0.1, 0.15) is 25.0 Å². The fraction of sp³-hybridized carbons (Fsp3) is 0.250. The van der Waals surface area contributed by atoms with Crippen molar-refractivity contribution in [3.05, 3.63) is 62.1 Å². The van der Waals surface area contributed by atoms with Crippen molar-refractivity contribution in [3.8, 4) is 5.75 Å². The van der Waals surface area contributed by atoms with Crippen molar-refractivity contribution in [2.45, 2.75) is 25.5 Å². The summed E-state index contributed by atoms with van der Waals surface area (Å²) in [7, 11) is 0. The summed E-state index contributed by atoms with van der Waals surface area (Å²) in [4.78, 5) is 0. The maximum Gasteiger partial charge on any atom is 0.139 e. The molecule has 106 valence electrons. The molecule has 0 bridgehead atoms. The van der Waals surface area contributed by atoms with Gasteiger partial charge >= 0.3 is 0 Å². The van der Waals surface area contributed by atoms with Crippen molar-refractivity contribution in [3.63, 3.8) is 0 Å². The van der Waals surface area contributed by atoms with E-state index in [0.717, 1.165) is 25.8 Å². The highest BCUT2D eigenvalue weighted by atomic mass is 127. The summed E-state index contributed by atoms with van der Waals surface area (Å²) in [6, 6.07) is 16.1. The molecule has 4 heteroatoms. The molecule has 0 aliphatic heterocycles. The van der Waals surface area contributed by atoms with Gasteiger partial charge in [-0.3, -0.25) is 0 Å². The Kier molecular flexibility index (Phi) is 5.86. The first-order valence-corrected chi connectivity index (χ1v) is 8.40. The predicted molar refractivity (Wildman–Crippen MR) is 94.9 cm³/mol. The fourth-order valence-corrected chi connectivity index (χ4v) is 2.73. The number of halogens is 2. The van der Waals surface area contributed by atoms with E-state index in [4.69, 9.17) is 10.5 Å². The van der Waals surface area contributed by atoms with Crippen LogP contribution in [-0.2, 0) is 0 Å². The zero-order valence-corrected chi connectivity index (χ0v) is 15.0. The van der Waals surface area contributed by atoms with Crippen LogP contribution in [0.5, 0.6) is 5.75 Å². The Morgan fingerprint density at radius 3 is 2.50 bits per heavy atom. The molecule has 2 aromatic rings. The summed E-state index contributed by atoms with van der Waals surface area (Å²) < 4.78 is 8.34. The zero-order chi connectivity index (χ0) is 14.5. The highest BCUT2D eigenvalue weighted by Gasteiger charge is 2.20. The van der Waals surface area contributed by atoms with Gasteiger partial charge in [0.25, 0.3) is 0 Å². The number of benzene rings is 2. The van der Waals surface area contributed by atoms with E-state index in [1.54, 1.807) is 0 Å². The van der Waals surface area contributed by atoms with Crippen LogP contribution >= 0.6 is 38.5 Å². The van der Waals surface area contributed by atoms with Gasteiger partial charge in [-0.1, -0.05) is 41.1 Å². The molecule has 2 atom stereocenters. The van der Waals surface area contributed by atoms with Gasteiger partial charge in [-0.25, -0.2) is 0 Å². The minimum Gasteiger partial charge on any atom is -0.484 e. The van der Waals surface area contributed by atoms with E-state index in [2.05, 4.69) is 57.6 Å². The Balaban J connectivity index is 2.26. The lowest BCUT2D eigenvalue weighted by Gasteiger charge is -2.25. The third-order valence-electron chi connectivity index (χ3n) is 3.12. The first kappa shape index (κ1) is 15.8.